The molecule has 0 spiro atoms. The Labute approximate surface area is 639 Å². The van der Waals surface area contributed by atoms with Gasteiger partial charge < -0.3 is 25.9 Å². The number of hydrogen-bond acceptors (Lipinski definition) is 12. The number of carboxylic acid groups (broad SMARTS) is 4. The van der Waals surface area contributed by atoms with Gasteiger partial charge in [-0.15, -0.1) is 0 Å². The Kier molecular flexibility index (Phi) is 42.6. The van der Waals surface area contributed by atoms with Gasteiger partial charge >= 0.3 is 23.9 Å². The van der Waals surface area contributed by atoms with Crippen LogP contribution in [0.1, 0.15) is 105 Å². The molecule has 4 atom stereocenters. The number of carbonyl (C=O) groups is 8. The van der Waals surface area contributed by atoms with Gasteiger partial charge in [-0.3, -0.25) is 60.1 Å². The molecule has 4 radical (unpaired) electrons. The van der Waals surface area contributed by atoms with Gasteiger partial charge in [-0.1, -0.05) is 225 Å². The Morgan fingerprint density at radius 3 is 0.545 bits per heavy atom. The van der Waals surface area contributed by atoms with Gasteiger partial charge in [-0.25, -0.2) is 20.0 Å². The summed E-state index contributed by atoms with van der Waals surface area (Å²) in [6, 6.07) is 72.9. The van der Waals surface area contributed by atoms with Crippen LogP contribution in [0, 0.1) is 23.7 Å². The molecule has 0 aromatic heterocycles. The molecule has 23 heteroatoms. The van der Waals surface area contributed by atoms with Gasteiger partial charge in [0.05, 0.1) is 45.5 Å². The van der Waals surface area contributed by atoms with E-state index in [4.69, 9.17) is 0 Å². The van der Waals surface area contributed by atoms with Crippen molar-refractivity contribution in [2.75, 3.05) is 41.7 Å². The van der Waals surface area contributed by atoms with Gasteiger partial charge in [0.15, 0.2) is 0 Å². The third-order valence-corrected chi connectivity index (χ3v) is 14.8. The number of hydrazine groups is 4. The van der Waals surface area contributed by atoms with Crippen LogP contribution >= 0.6 is 0 Å². The predicted octanol–water partition coefficient (Wildman–Crippen LogP) is 14.2. The number of rotatable bonds is 32. The minimum absolute atomic E-state index is 0. The summed E-state index contributed by atoms with van der Waals surface area (Å²) in [7, 11) is 0. The van der Waals surface area contributed by atoms with Crippen LogP contribution in [0.5, 0.6) is 0 Å². The maximum absolute atomic E-state index is 12.9. The molecule has 0 aliphatic heterocycles. The molecule has 516 valence electrons. The van der Waals surface area contributed by atoms with Crippen molar-refractivity contribution in [3.05, 3.63) is 243 Å². The van der Waals surface area contributed by atoms with Crippen molar-refractivity contribution in [2.24, 2.45) is 23.7 Å². The normalized spacial score (nSPS) is 11.2. The summed E-state index contributed by atoms with van der Waals surface area (Å²) in [5.41, 5.74) is 17.4. The van der Waals surface area contributed by atoms with Gasteiger partial charge in [0, 0.05) is 75.5 Å². The molecule has 0 heterocycles. The average Bonchev–Trinajstić information content (AvgIpc) is 0.916. The first kappa shape index (κ1) is 86.3. The summed E-state index contributed by atoms with van der Waals surface area (Å²) in [5, 5.41) is 43.1. The smallest absolute Gasteiger partial charge is 0.316 e. The van der Waals surface area contributed by atoms with Gasteiger partial charge in [0.25, 0.3) is 23.6 Å². The second-order valence-electron chi connectivity index (χ2n) is 22.1. The van der Waals surface area contributed by atoms with Crippen molar-refractivity contribution >= 4 is 168 Å². The van der Waals surface area contributed by atoms with E-state index in [1.807, 2.05) is 222 Å². The monoisotopic (exact) mass is 1400 g/mol. The zero-order valence-corrected chi connectivity index (χ0v) is 61.1. The molecule has 4 unspecified atom stereocenters. The van der Waals surface area contributed by atoms with Crippen LogP contribution in [-0.2, 0) is 38.4 Å². The molecule has 0 saturated heterocycles. The second-order valence-corrected chi connectivity index (χ2v) is 22.1. The summed E-state index contributed by atoms with van der Waals surface area (Å²) >= 11 is 0. The Bertz CT molecular complexity index is 3130. The van der Waals surface area contributed by atoms with Crippen LogP contribution in [0.15, 0.2) is 243 Å². The molecule has 21 nitrogen and oxygen atoms in total. The summed E-state index contributed by atoms with van der Waals surface area (Å²) in [6.07, 6.45) is 7.43. The fourth-order valence-corrected chi connectivity index (χ4v) is 9.53. The first-order valence-corrected chi connectivity index (χ1v) is 32.3. The molecule has 0 fully saturated rings. The Morgan fingerprint density at radius 1 is 0.273 bits per heavy atom. The summed E-state index contributed by atoms with van der Waals surface area (Å²) in [4.78, 5) is 97.8. The number of unbranched alkanes of at least 4 members (excludes halogenated alkanes) is 4. The summed E-state index contributed by atoms with van der Waals surface area (Å²) in [6.45, 7) is 7.89. The predicted molar refractivity (Wildman–Crippen MR) is 394 cm³/mol. The maximum Gasteiger partial charge on any atom is 0.316 e. The molecular weight excluding hydrogens is 1310 g/mol. The van der Waals surface area contributed by atoms with Crippen molar-refractivity contribution in [1.29, 1.82) is 0 Å². The third kappa shape index (κ3) is 29.7. The number of anilines is 8. The summed E-state index contributed by atoms with van der Waals surface area (Å²) < 4.78 is 0. The number of amides is 4. The molecule has 0 bridgehead atoms. The summed E-state index contributed by atoms with van der Waals surface area (Å²) in [5.74, 6) is -10.5. The Hall–Kier alpha value is -8.80. The zero-order chi connectivity index (χ0) is 69.5. The number of nitrogens with zero attached hydrogens (tertiary/aromatic N) is 4. The Morgan fingerprint density at radius 2 is 0.414 bits per heavy atom. The number of nitrogens with one attached hydrogen (secondary N) is 4. The average molecular weight is 1400 g/mol. The fraction of sp³-hybridized carbons (Fsp3) is 0.263. The van der Waals surface area contributed by atoms with E-state index < -0.39 is 71.2 Å². The van der Waals surface area contributed by atoms with Crippen LogP contribution in [0.25, 0.3) is 0 Å². The second kappa shape index (κ2) is 48.8. The third-order valence-electron chi connectivity index (χ3n) is 14.8. The van der Waals surface area contributed by atoms with Crippen LogP contribution in [0.4, 0.5) is 45.5 Å². The van der Waals surface area contributed by atoms with E-state index >= 15 is 0 Å². The van der Waals surface area contributed by atoms with Crippen molar-refractivity contribution in [3.63, 3.8) is 0 Å². The molecule has 99 heavy (non-hydrogen) atoms. The maximum atomic E-state index is 12.9. The van der Waals surface area contributed by atoms with E-state index in [0.717, 1.165) is 25.7 Å². The molecule has 0 saturated carbocycles. The fourth-order valence-electron chi connectivity index (χ4n) is 9.53. The largest absolute Gasteiger partial charge is 0.481 e. The molecule has 8 aromatic rings. The van der Waals surface area contributed by atoms with E-state index in [1.54, 1.807) is 48.5 Å². The quantitative estimate of drug-likeness (QED) is 0.0110. The van der Waals surface area contributed by atoms with Crippen molar-refractivity contribution in [1.82, 2.24) is 0 Å². The molecular formula is C76H90Ca2N8O13. The first-order chi connectivity index (χ1) is 46.5. The topological polar surface area (TPSA) is 310 Å². The van der Waals surface area contributed by atoms with Gasteiger partial charge in [-0.2, -0.15) is 0 Å². The van der Waals surface area contributed by atoms with E-state index in [2.05, 4.69) is 21.7 Å². The van der Waals surface area contributed by atoms with Gasteiger partial charge in [-0.05, 0) is 123 Å². The van der Waals surface area contributed by atoms with E-state index in [9.17, 15) is 58.8 Å². The SMILES string of the molecule is CCCCC(C(=O)O)C(=O)N(Nc1ccccc1)c1ccccc1.CCCCC(C(=O)O)C(=O)N(Nc1ccccc1)c1ccccc1.CCCCC(C(=O)O)C(=O)N(Nc1ccccc1)c1ccccc1.CCCCC(C(=O)O)C(=O)N(Nc1ccccc1)c1ccccc1.O.[Ca].[Ca]. The minimum Gasteiger partial charge on any atom is -0.481 e. The minimum atomic E-state index is -1.09. The van der Waals surface area contributed by atoms with E-state index in [0.29, 0.717) is 96.9 Å². The van der Waals surface area contributed by atoms with Crippen LogP contribution < -0.4 is 41.7 Å². The van der Waals surface area contributed by atoms with Crippen molar-refractivity contribution in [3.8, 4) is 0 Å². The number of aliphatic carboxylic acids is 4. The number of carboxylic acids is 4. The number of hydrogen-bond donors (Lipinski definition) is 8. The van der Waals surface area contributed by atoms with Crippen LogP contribution in [0.2, 0.25) is 0 Å². The molecule has 4 amide bonds. The van der Waals surface area contributed by atoms with E-state index in [1.165, 1.54) is 20.0 Å². The van der Waals surface area contributed by atoms with Gasteiger partial charge in [0.2, 0.25) is 0 Å². The van der Waals surface area contributed by atoms with Crippen LogP contribution in [-0.4, -0.2) is 149 Å². The molecule has 8 aromatic carbocycles. The molecule has 0 aliphatic carbocycles. The molecule has 8 rings (SSSR count). The molecule has 10 N–H and O–H groups in total. The van der Waals surface area contributed by atoms with Crippen molar-refractivity contribution < 1.29 is 64.3 Å². The van der Waals surface area contributed by atoms with Gasteiger partial charge in [0.1, 0.15) is 23.7 Å². The Balaban J connectivity index is 0.000000444. The standard InChI is InChI=1S/4C19H22N2O3.2Ca.H2O/c4*1-2-3-14-17(19(23)24)18(22)21(16-12-8-5-9-13-16)20-15-10-6-4-7-11-15;;;/h4*4-13,17,20H,2-3,14H2,1H3,(H,23,24);;;1H2. The van der Waals surface area contributed by atoms with Crippen LogP contribution in [0.3, 0.4) is 0 Å². The number of para-hydroxylation sites is 8. The number of carbonyl (C=O) groups excluding carboxylic acids is 4. The zero-order valence-electron chi connectivity index (χ0n) is 56.6. The number of benzene rings is 8. The molecule has 0 aliphatic rings. The van der Waals surface area contributed by atoms with Crippen molar-refractivity contribution in [2.45, 2.75) is 105 Å². The first-order valence-electron chi connectivity index (χ1n) is 32.3. The van der Waals surface area contributed by atoms with E-state index in [-0.39, 0.29) is 81.0 Å².